The van der Waals surface area contributed by atoms with Gasteiger partial charge >= 0.3 is 5.97 Å². The monoisotopic (exact) mass is 263 g/mol. The Bertz CT molecular complexity index is 483. The lowest BCUT2D eigenvalue weighted by molar-refractivity contribution is -0.131. The van der Waals surface area contributed by atoms with Crippen molar-refractivity contribution in [2.45, 2.75) is 12.8 Å². The lowest BCUT2D eigenvalue weighted by atomic mass is 10.1. The molecule has 0 unspecified atom stereocenters. The van der Waals surface area contributed by atoms with Gasteiger partial charge in [-0.15, -0.1) is 6.58 Å². The lowest BCUT2D eigenvalue weighted by Crippen LogP contribution is -2.18. The van der Waals surface area contributed by atoms with E-state index in [2.05, 4.69) is 6.58 Å². The highest BCUT2D eigenvalue weighted by atomic mass is 19.1. The van der Waals surface area contributed by atoms with E-state index in [0.717, 1.165) is 31.1 Å². The van der Waals surface area contributed by atoms with Gasteiger partial charge in [-0.25, -0.2) is 9.18 Å². The average Bonchev–Trinajstić information content (AvgIpc) is 2.36. The number of benzene rings is 1. The third-order valence-electron chi connectivity index (χ3n) is 2.67. The highest BCUT2D eigenvalue weighted by Crippen LogP contribution is 2.19. The van der Waals surface area contributed by atoms with Crippen molar-refractivity contribution in [2.75, 3.05) is 18.5 Å². The number of allylic oxidation sites excluding steroid dienone is 1. The first kappa shape index (κ1) is 15.0. The first-order valence-corrected chi connectivity index (χ1v) is 6.06. The van der Waals surface area contributed by atoms with E-state index in [-0.39, 0.29) is 5.82 Å². The van der Waals surface area contributed by atoms with Crippen LogP contribution >= 0.6 is 0 Å². The van der Waals surface area contributed by atoms with E-state index in [9.17, 15) is 9.18 Å². The van der Waals surface area contributed by atoms with Crippen molar-refractivity contribution in [3.8, 4) is 0 Å². The molecular weight excluding hydrogens is 245 g/mol. The van der Waals surface area contributed by atoms with E-state index in [1.807, 2.05) is 18.0 Å². The molecule has 19 heavy (non-hydrogen) atoms. The largest absolute Gasteiger partial charge is 0.478 e. The second kappa shape index (κ2) is 7.36. The van der Waals surface area contributed by atoms with Crippen LogP contribution in [-0.4, -0.2) is 24.7 Å². The molecule has 102 valence electrons. The summed E-state index contributed by atoms with van der Waals surface area (Å²) in [6.07, 6.45) is 6.07. The van der Waals surface area contributed by atoms with Crippen LogP contribution in [0.4, 0.5) is 10.1 Å². The van der Waals surface area contributed by atoms with Gasteiger partial charge in [0, 0.05) is 25.4 Å². The van der Waals surface area contributed by atoms with E-state index < -0.39 is 5.97 Å². The van der Waals surface area contributed by atoms with Crippen molar-refractivity contribution < 1.29 is 14.3 Å². The Morgan fingerprint density at radius 1 is 1.47 bits per heavy atom. The molecule has 0 spiro atoms. The highest BCUT2D eigenvalue weighted by Gasteiger charge is 2.04. The standard InChI is InChI=1S/C15H18FNO2/c1-3-4-5-8-17(2)14-10-12(6-7-15(18)19)9-13(16)11-14/h3,6-7,9-11H,1,4-5,8H2,2H3,(H,18,19)/b7-6+. The van der Waals surface area contributed by atoms with Gasteiger partial charge < -0.3 is 10.0 Å². The quantitative estimate of drug-likeness (QED) is 0.466. The van der Waals surface area contributed by atoms with Crippen molar-refractivity contribution in [3.05, 3.63) is 48.3 Å². The van der Waals surface area contributed by atoms with Crippen molar-refractivity contribution >= 4 is 17.7 Å². The van der Waals surface area contributed by atoms with Gasteiger partial charge in [0.1, 0.15) is 5.82 Å². The summed E-state index contributed by atoms with van der Waals surface area (Å²) in [4.78, 5) is 12.4. The summed E-state index contributed by atoms with van der Waals surface area (Å²) < 4.78 is 13.5. The van der Waals surface area contributed by atoms with Gasteiger partial charge in [-0.05, 0) is 42.7 Å². The Morgan fingerprint density at radius 3 is 2.84 bits per heavy atom. The van der Waals surface area contributed by atoms with Crippen LogP contribution in [0, 0.1) is 5.82 Å². The third-order valence-corrected chi connectivity index (χ3v) is 2.67. The summed E-state index contributed by atoms with van der Waals surface area (Å²) in [6, 6.07) is 4.50. The zero-order valence-corrected chi connectivity index (χ0v) is 11.0. The number of hydrogen-bond acceptors (Lipinski definition) is 2. The van der Waals surface area contributed by atoms with Crippen LogP contribution in [0.25, 0.3) is 6.08 Å². The Kier molecular flexibility index (Phi) is 5.79. The predicted molar refractivity (Wildman–Crippen MR) is 75.8 cm³/mol. The Morgan fingerprint density at radius 2 is 2.21 bits per heavy atom. The number of carboxylic acids is 1. The number of carbonyl (C=O) groups is 1. The molecule has 0 saturated heterocycles. The molecule has 3 nitrogen and oxygen atoms in total. The van der Waals surface area contributed by atoms with Crippen LogP contribution < -0.4 is 4.90 Å². The molecule has 0 fully saturated rings. The van der Waals surface area contributed by atoms with Gasteiger partial charge in [-0.1, -0.05) is 6.08 Å². The Balaban J connectivity index is 2.83. The van der Waals surface area contributed by atoms with Gasteiger partial charge in [0.25, 0.3) is 0 Å². The van der Waals surface area contributed by atoms with Crippen molar-refractivity contribution in [2.24, 2.45) is 0 Å². The maximum absolute atomic E-state index is 13.5. The average molecular weight is 263 g/mol. The third kappa shape index (κ3) is 5.38. The first-order valence-electron chi connectivity index (χ1n) is 6.06. The SMILES string of the molecule is C=CCCCN(C)c1cc(F)cc(/C=C/C(=O)O)c1. The molecule has 0 saturated carbocycles. The summed E-state index contributed by atoms with van der Waals surface area (Å²) in [5, 5.41) is 8.57. The Labute approximate surface area is 112 Å². The number of nitrogens with zero attached hydrogens (tertiary/aromatic N) is 1. The van der Waals surface area contributed by atoms with Gasteiger partial charge in [-0.2, -0.15) is 0 Å². The number of hydrogen-bond donors (Lipinski definition) is 1. The van der Waals surface area contributed by atoms with Crippen LogP contribution in [-0.2, 0) is 4.79 Å². The molecule has 1 aromatic rings. The molecule has 0 atom stereocenters. The summed E-state index contributed by atoms with van der Waals surface area (Å²) in [5.41, 5.74) is 1.27. The summed E-state index contributed by atoms with van der Waals surface area (Å²) in [5.74, 6) is -1.43. The molecule has 0 amide bonds. The molecule has 0 radical (unpaired) electrons. The lowest BCUT2D eigenvalue weighted by Gasteiger charge is -2.19. The molecule has 1 rings (SSSR count). The fraction of sp³-hybridized carbons (Fsp3) is 0.267. The molecule has 0 heterocycles. The molecule has 0 aliphatic rings. The number of rotatable bonds is 7. The maximum atomic E-state index is 13.5. The van der Waals surface area contributed by atoms with Crippen molar-refractivity contribution in [1.82, 2.24) is 0 Å². The molecule has 1 aromatic carbocycles. The van der Waals surface area contributed by atoms with Crippen molar-refractivity contribution in [1.29, 1.82) is 0 Å². The van der Waals surface area contributed by atoms with E-state index in [1.54, 1.807) is 6.07 Å². The summed E-state index contributed by atoms with van der Waals surface area (Å²) >= 11 is 0. The van der Waals surface area contributed by atoms with Crippen LogP contribution in [0.2, 0.25) is 0 Å². The molecule has 0 aliphatic heterocycles. The second-order valence-electron chi connectivity index (χ2n) is 4.27. The molecule has 4 heteroatoms. The molecule has 1 N–H and O–H groups in total. The smallest absolute Gasteiger partial charge is 0.328 e. The van der Waals surface area contributed by atoms with Gasteiger partial charge in [0.2, 0.25) is 0 Å². The zero-order chi connectivity index (χ0) is 14.3. The van der Waals surface area contributed by atoms with Crippen LogP contribution in [0.5, 0.6) is 0 Å². The summed E-state index contributed by atoms with van der Waals surface area (Å²) in [6.45, 7) is 4.45. The predicted octanol–water partition coefficient (Wildman–Crippen LogP) is 3.33. The van der Waals surface area contributed by atoms with Gasteiger partial charge in [-0.3, -0.25) is 0 Å². The van der Waals surface area contributed by atoms with Crippen LogP contribution in [0.3, 0.4) is 0 Å². The number of aliphatic carboxylic acids is 1. The minimum absolute atomic E-state index is 0.377. The number of carboxylic acid groups (broad SMARTS) is 1. The van der Waals surface area contributed by atoms with Gasteiger partial charge in [0.05, 0.1) is 0 Å². The fourth-order valence-electron chi connectivity index (χ4n) is 1.68. The normalized spacial score (nSPS) is 10.6. The van der Waals surface area contributed by atoms with E-state index >= 15 is 0 Å². The number of halogens is 1. The maximum Gasteiger partial charge on any atom is 0.328 e. The first-order chi connectivity index (χ1) is 9.02. The minimum Gasteiger partial charge on any atom is -0.478 e. The fourth-order valence-corrected chi connectivity index (χ4v) is 1.68. The van der Waals surface area contributed by atoms with E-state index in [1.165, 1.54) is 18.2 Å². The second-order valence-corrected chi connectivity index (χ2v) is 4.27. The molecule has 0 aromatic heterocycles. The van der Waals surface area contributed by atoms with Crippen LogP contribution in [0.1, 0.15) is 18.4 Å². The van der Waals surface area contributed by atoms with Crippen LogP contribution in [0.15, 0.2) is 36.9 Å². The highest BCUT2D eigenvalue weighted by molar-refractivity contribution is 5.85. The Hall–Kier alpha value is -2.10. The topological polar surface area (TPSA) is 40.5 Å². The molecule has 0 bridgehead atoms. The molecule has 0 aliphatic carbocycles. The molecular formula is C15H18FNO2. The van der Waals surface area contributed by atoms with E-state index in [0.29, 0.717) is 5.56 Å². The number of anilines is 1. The zero-order valence-electron chi connectivity index (χ0n) is 11.0. The summed E-state index contributed by atoms with van der Waals surface area (Å²) in [7, 11) is 1.88. The van der Waals surface area contributed by atoms with Crippen molar-refractivity contribution in [3.63, 3.8) is 0 Å². The van der Waals surface area contributed by atoms with E-state index in [4.69, 9.17) is 5.11 Å². The minimum atomic E-state index is -1.05. The number of unbranched alkanes of at least 4 members (excludes halogenated alkanes) is 1. The van der Waals surface area contributed by atoms with Gasteiger partial charge in [0.15, 0.2) is 0 Å².